The second kappa shape index (κ2) is 11.4. The fourth-order valence-electron chi connectivity index (χ4n) is 8.58. The normalized spacial score (nSPS) is 15.5. The molecule has 4 heterocycles. The number of benzene rings is 7. The third kappa shape index (κ3) is 4.51. The van der Waals surface area contributed by atoms with E-state index in [4.69, 9.17) is 9.31 Å². The van der Waals surface area contributed by atoms with Gasteiger partial charge in [0.05, 0.1) is 43.7 Å². The summed E-state index contributed by atoms with van der Waals surface area (Å²) in [7, 11) is -0.420. The van der Waals surface area contributed by atoms with Crippen LogP contribution in [0.5, 0.6) is 0 Å². The Morgan fingerprint density at radius 3 is 1.59 bits per heavy atom. The van der Waals surface area contributed by atoms with Crippen molar-refractivity contribution in [1.82, 2.24) is 9.13 Å². The summed E-state index contributed by atoms with van der Waals surface area (Å²) in [5, 5.41) is 7.48. The lowest BCUT2D eigenvalue weighted by molar-refractivity contribution is 0.00578. The summed E-state index contributed by atoms with van der Waals surface area (Å²) in [5.74, 6) is 0. The van der Waals surface area contributed by atoms with Crippen molar-refractivity contribution in [1.29, 1.82) is 0 Å². The van der Waals surface area contributed by atoms with Gasteiger partial charge in [-0.05, 0) is 93.4 Å². The molecule has 0 spiro atoms. The van der Waals surface area contributed by atoms with Gasteiger partial charge >= 0.3 is 7.12 Å². The minimum Gasteiger partial charge on any atom is -0.399 e. The summed E-state index contributed by atoms with van der Waals surface area (Å²) in [5.41, 5.74) is 9.86. The van der Waals surface area contributed by atoms with Crippen LogP contribution in [0.25, 0.3) is 86.3 Å². The second-order valence-corrected chi connectivity index (χ2v) is 16.6. The Morgan fingerprint density at radius 1 is 0.444 bits per heavy atom. The highest BCUT2D eigenvalue weighted by Crippen LogP contribution is 2.43. The molecule has 10 aromatic rings. The van der Waals surface area contributed by atoms with Crippen LogP contribution in [-0.2, 0) is 9.31 Å². The van der Waals surface area contributed by atoms with Gasteiger partial charge in [0.2, 0.25) is 0 Å². The van der Waals surface area contributed by atoms with Crippen molar-refractivity contribution in [2.45, 2.75) is 38.9 Å². The number of thiophene rings is 1. The third-order valence-corrected chi connectivity index (χ3v) is 13.3. The highest BCUT2D eigenvalue weighted by atomic mass is 32.1. The molecule has 260 valence electrons. The lowest BCUT2D eigenvalue weighted by atomic mass is 9.78. The zero-order valence-corrected chi connectivity index (χ0v) is 31.4. The molecular weight excluding hydrogens is 679 g/mol. The second-order valence-electron chi connectivity index (χ2n) is 15.6. The lowest BCUT2D eigenvalue weighted by Gasteiger charge is -2.32. The molecule has 0 unspecified atom stereocenters. The van der Waals surface area contributed by atoms with Crippen LogP contribution < -0.4 is 5.46 Å². The van der Waals surface area contributed by atoms with Gasteiger partial charge in [0.1, 0.15) is 0 Å². The van der Waals surface area contributed by atoms with E-state index in [9.17, 15) is 0 Å². The Balaban J connectivity index is 1.08. The van der Waals surface area contributed by atoms with E-state index >= 15 is 0 Å². The molecule has 7 aromatic carbocycles. The van der Waals surface area contributed by atoms with E-state index in [1.807, 2.05) is 11.3 Å². The van der Waals surface area contributed by atoms with Crippen molar-refractivity contribution in [2.75, 3.05) is 0 Å². The molecule has 0 atom stereocenters. The first kappa shape index (κ1) is 31.8. The Labute approximate surface area is 317 Å². The summed E-state index contributed by atoms with van der Waals surface area (Å²) < 4.78 is 20.4. The van der Waals surface area contributed by atoms with E-state index in [0.717, 1.165) is 5.46 Å². The Hall–Kier alpha value is -5.66. The predicted molar refractivity (Wildman–Crippen MR) is 229 cm³/mol. The minimum absolute atomic E-state index is 0.406. The van der Waals surface area contributed by atoms with E-state index < -0.39 is 18.3 Å². The van der Waals surface area contributed by atoms with Crippen LogP contribution in [0, 0.1) is 0 Å². The third-order valence-electron chi connectivity index (χ3n) is 12.0. The first-order valence-corrected chi connectivity index (χ1v) is 19.5. The molecule has 1 fully saturated rings. The topological polar surface area (TPSA) is 28.3 Å². The van der Waals surface area contributed by atoms with Crippen molar-refractivity contribution >= 4 is 87.7 Å². The van der Waals surface area contributed by atoms with Crippen molar-refractivity contribution in [2.24, 2.45) is 0 Å². The monoisotopic (exact) mass is 716 g/mol. The summed E-state index contributed by atoms with van der Waals surface area (Å²) in [4.78, 5) is 0. The van der Waals surface area contributed by atoms with Crippen molar-refractivity contribution in [3.8, 4) is 22.5 Å². The van der Waals surface area contributed by atoms with Crippen molar-refractivity contribution < 1.29 is 9.31 Å². The van der Waals surface area contributed by atoms with Crippen LogP contribution in [0.4, 0.5) is 0 Å². The predicted octanol–water partition coefficient (Wildman–Crippen LogP) is 12.2. The molecule has 4 nitrogen and oxygen atoms in total. The van der Waals surface area contributed by atoms with Gasteiger partial charge in [-0.1, -0.05) is 97.1 Å². The summed E-state index contributed by atoms with van der Waals surface area (Å²) in [6.07, 6.45) is 0. The molecule has 0 radical (unpaired) electrons. The molecule has 11 rings (SSSR count). The van der Waals surface area contributed by atoms with E-state index in [2.05, 4.69) is 188 Å². The molecule has 0 N–H and O–H groups in total. The lowest BCUT2D eigenvalue weighted by Crippen LogP contribution is -2.41. The number of rotatable bonds is 4. The van der Waals surface area contributed by atoms with Crippen LogP contribution in [0.15, 0.2) is 152 Å². The highest BCUT2D eigenvalue weighted by molar-refractivity contribution is 7.27. The molecule has 1 aliphatic rings. The Kier molecular flexibility index (Phi) is 6.74. The Morgan fingerprint density at radius 2 is 0.944 bits per heavy atom. The van der Waals surface area contributed by atoms with E-state index in [-0.39, 0.29) is 0 Å². The molecule has 1 aliphatic heterocycles. The van der Waals surface area contributed by atoms with Crippen molar-refractivity contribution in [3.63, 3.8) is 0 Å². The van der Waals surface area contributed by atoms with Gasteiger partial charge in [-0.3, -0.25) is 0 Å². The SMILES string of the molecule is CC1(C)OB(c2cccc3c2sc2c(-n4c5ccccc5c5cc(-c6ccc7c(c6)c6ccccc6n7-c6ccccc6)ccc54)cccc23)OC1(C)C. The average Bonchev–Trinajstić information content (AvgIpc) is 3.90. The van der Waals surface area contributed by atoms with E-state index in [1.54, 1.807) is 0 Å². The van der Waals surface area contributed by atoms with Crippen LogP contribution in [-0.4, -0.2) is 27.5 Å². The average molecular weight is 717 g/mol. The van der Waals surface area contributed by atoms with Gasteiger partial charge in [-0.15, -0.1) is 11.3 Å². The number of hydrogen-bond acceptors (Lipinski definition) is 3. The maximum atomic E-state index is 6.56. The molecule has 0 saturated carbocycles. The van der Waals surface area contributed by atoms with Gasteiger partial charge in [0, 0.05) is 48.2 Å². The summed E-state index contributed by atoms with van der Waals surface area (Å²) in [6, 6.07) is 55.4. The molecular formula is C48H37BN2O2S. The standard InChI is InChI=1S/C48H37BN2O2S/c1-47(2)48(3,4)53-49(52-47)39-20-12-18-35-36-19-13-23-44(46(36)54-45(35)39)51-41-22-11-9-17-34(41)38-29-31(25-27-43(38)51)30-24-26-42-37(28-30)33-16-8-10-21-40(33)50(42)32-14-6-5-7-15-32/h5-29H,1-4H3. The first-order chi connectivity index (χ1) is 26.3. The van der Waals surface area contributed by atoms with Crippen molar-refractivity contribution in [3.05, 3.63) is 152 Å². The zero-order valence-electron chi connectivity index (χ0n) is 30.6. The van der Waals surface area contributed by atoms with E-state index in [0.29, 0.717) is 0 Å². The fourth-order valence-corrected chi connectivity index (χ4v) is 9.90. The smallest absolute Gasteiger partial charge is 0.399 e. The maximum absolute atomic E-state index is 6.56. The number of para-hydroxylation sites is 3. The number of hydrogen-bond donors (Lipinski definition) is 0. The largest absolute Gasteiger partial charge is 0.496 e. The summed E-state index contributed by atoms with van der Waals surface area (Å²) >= 11 is 1.84. The maximum Gasteiger partial charge on any atom is 0.496 e. The quantitative estimate of drug-likeness (QED) is 0.170. The first-order valence-electron chi connectivity index (χ1n) is 18.7. The summed E-state index contributed by atoms with van der Waals surface area (Å²) in [6.45, 7) is 8.47. The van der Waals surface area contributed by atoms with Crippen LogP contribution in [0.1, 0.15) is 27.7 Å². The molecule has 0 amide bonds. The number of aromatic nitrogens is 2. The molecule has 0 aliphatic carbocycles. The molecule has 1 saturated heterocycles. The fraction of sp³-hybridized carbons (Fsp3) is 0.125. The van der Waals surface area contributed by atoms with Crippen LogP contribution in [0.3, 0.4) is 0 Å². The molecule has 3 aromatic heterocycles. The Bertz CT molecular complexity index is 3120. The van der Waals surface area contributed by atoms with Gasteiger partial charge in [-0.2, -0.15) is 0 Å². The van der Waals surface area contributed by atoms with Crippen LogP contribution in [0.2, 0.25) is 0 Å². The number of fused-ring (bicyclic) bond motifs is 9. The number of nitrogens with zero attached hydrogens (tertiary/aromatic N) is 2. The highest BCUT2D eigenvalue weighted by Gasteiger charge is 2.52. The van der Waals surface area contributed by atoms with Crippen LogP contribution >= 0.6 is 11.3 Å². The molecule has 54 heavy (non-hydrogen) atoms. The van der Waals surface area contributed by atoms with Gasteiger partial charge in [0.15, 0.2) is 0 Å². The molecule has 0 bridgehead atoms. The molecule has 6 heteroatoms. The van der Waals surface area contributed by atoms with E-state index in [1.165, 1.54) is 86.3 Å². The zero-order chi connectivity index (χ0) is 36.3. The van der Waals surface area contributed by atoms with Gasteiger partial charge < -0.3 is 18.4 Å². The minimum atomic E-state index is -0.420. The van der Waals surface area contributed by atoms with Gasteiger partial charge in [-0.25, -0.2) is 0 Å². The van der Waals surface area contributed by atoms with Gasteiger partial charge in [0.25, 0.3) is 0 Å².